The molecule has 2 aliphatic heterocycles. The van der Waals surface area contributed by atoms with Gasteiger partial charge in [-0.3, -0.25) is 4.79 Å². The smallest absolute Gasteiger partial charge is 0.254 e. The second-order valence-corrected chi connectivity index (χ2v) is 5.61. The molecule has 5 heteroatoms. The first kappa shape index (κ1) is 16.1. The molecule has 1 aromatic carbocycles. The van der Waals surface area contributed by atoms with E-state index in [1.54, 1.807) is 7.11 Å². The second kappa shape index (κ2) is 7.14. The molecule has 3 rings (SSSR count). The molecule has 1 atom stereocenters. The van der Waals surface area contributed by atoms with Crippen LogP contribution in [0.25, 0.3) is 0 Å². The number of hydrogen-bond acceptors (Lipinski definition) is 3. The molecule has 21 heavy (non-hydrogen) atoms. The van der Waals surface area contributed by atoms with Gasteiger partial charge >= 0.3 is 0 Å². The van der Waals surface area contributed by atoms with Gasteiger partial charge in [-0.05, 0) is 43.4 Å². The fraction of sp³-hybridized carbons (Fsp3) is 0.562. The van der Waals surface area contributed by atoms with Gasteiger partial charge in [0.25, 0.3) is 5.91 Å². The molecule has 0 spiro atoms. The Morgan fingerprint density at radius 2 is 2.24 bits per heavy atom. The van der Waals surface area contributed by atoms with Gasteiger partial charge < -0.3 is 15.0 Å². The molecule has 2 heterocycles. The fourth-order valence-corrected chi connectivity index (χ4v) is 3.20. The lowest BCUT2D eigenvalue weighted by molar-refractivity contribution is 0.0268. The van der Waals surface area contributed by atoms with Gasteiger partial charge in [-0.15, -0.1) is 12.4 Å². The molecule has 0 bridgehead atoms. The standard InChI is InChI=1S/C16H22N2O2.ClH/c1-20-12-5-4-10-18(11-12)16(19)14-6-2-8-15-13(14)7-3-9-17-15;/h2,6,8,12,17H,3-5,7,9-11H2,1H3;1H. The maximum atomic E-state index is 12.8. The van der Waals surface area contributed by atoms with Crippen LogP contribution in [0.4, 0.5) is 5.69 Å². The summed E-state index contributed by atoms with van der Waals surface area (Å²) in [6.07, 6.45) is 4.35. The first-order valence-corrected chi connectivity index (χ1v) is 7.47. The molecule has 1 amide bonds. The highest BCUT2D eigenvalue weighted by molar-refractivity contribution is 5.97. The van der Waals surface area contributed by atoms with Crippen LogP contribution >= 0.6 is 12.4 Å². The lowest BCUT2D eigenvalue weighted by Gasteiger charge is -2.33. The summed E-state index contributed by atoms with van der Waals surface area (Å²) >= 11 is 0. The van der Waals surface area contributed by atoms with Crippen molar-refractivity contribution in [3.05, 3.63) is 29.3 Å². The molecule has 4 nitrogen and oxygen atoms in total. The Morgan fingerprint density at radius 3 is 3.05 bits per heavy atom. The topological polar surface area (TPSA) is 41.6 Å². The Morgan fingerprint density at radius 1 is 1.38 bits per heavy atom. The summed E-state index contributed by atoms with van der Waals surface area (Å²) < 4.78 is 5.41. The number of benzene rings is 1. The average molecular weight is 311 g/mol. The number of hydrogen-bond donors (Lipinski definition) is 1. The molecular formula is C16H23ClN2O2. The highest BCUT2D eigenvalue weighted by Crippen LogP contribution is 2.27. The van der Waals surface area contributed by atoms with Gasteiger partial charge in [0.15, 0.2) is 0 Å². The number of anilines is 1. The third-order valence-electron chi connectivity index (χ3n) is 4.32. The van der Waals surface area contributed by atoms with Gasteiger partial charge in [-0.25, -0.2) is 0 Å². The summed E-state index contributed by atoms with van der Waals surface area (Å²) in [7, 11) is 1.73. The van der Waals surface area contributed by atoms with Crippen LogP contribution in [0, 0.1) is 0 Å². The van der Waals surface area contributed by atoms with Crippen molar-refractivity contribution in [1.82, 2.24) is 4.90 Å². The van der Waals surface area contributed by atoms with Crippen molar-refractivity contribution >= 4 is 24.0 Å². The van der Waals surface area contributed by atoms with E-state index in [4.69, 9.17) is 4.74 Å². The molecule has 1 unspecified atom stereocenters. The number of carbonyl (C=O) groups excluding carboxylic acids is 1. The van der Waals surface area contributed by atoms with Crippen molar-refractivity contribution in [3.8, 4) is 0 Å². The molecule has 0 aromatic heterocycles. The number of likely N-dealkylation sites (tertiary alicyclic amines) is 1. The molecule has 1 aromatic rings. The Balaban J connectivity index is 0.00000161. The quantitative estimate of drug-likeness (QED) is 0.913. The van der Waals surface area contributed by atoms with Gasteiger partial charge in [0.1, 0.15) is 0 Å². The number of halogens is 1. The molecule has 116 valence electrons. The van der Waals surface area contributed by atoms with E-state index >= 15 is 0 Å². The summed E-state index contributed by atoms with van der Waals surface area (Å²) in [5.74, 6) is 0.160. The number of piperidine rings is 1. The number of fused-ring (bicyclic) bond motifs is 1. The molecule has 1 saturated heterocycles. The number of nitrogens with one attached hydrogen (secondary N) is 1. The summed E-state index contributed by atoms with van der Waals surface area (Å²) in [6.45, 7) is 2.56. The van der Waals surface area contributed by atoms with Crippen molar-refractivity contribution in [2.45, 2.75) is 31.8 Å². The van der Waals surface area contributed by atoms with Gasteiger partial charge in [-0.1, -0.05) is 6.07 Å². The van der Waals surface area contributed by atoms with Crippen molar-refractivity contribution < 1.29 is 9.53 Å². The minimum Gasteiger partial charge on any atom is -0.385 e. The Labute approximate surface area is 132 Å². The summed E-state index contributed by atoms with van der Waals surface area (Å²) in [6, 6.07) is 6.01. The maximum Gasteiger partial charge on any atom is 0.254 e. The highest BCUT2D eigenvalue weighted by Gasteiger charge is 2.26. The van der Waals surface area contributed by atoms with E-state index in [2.05, 4.69) is 11.4 Å². The van der Waals surface area contributed by atoms with Gasteiger partial charge in [0, 0.05) is 38.0 Å². The van der Waals surface area contributed by atoms with Gasteiger partial charge in [0.05, 0.1) is 6.10 Å². The lowest BCUT2D eigenvalue weighted by Crippen LogP contribution is -2.43. The van der Waals surface area contributed by atoms with Crippen LogP contribution < -0.4 is 5.32 Å². The van der Waals surface area contributed by atoms with E-state index in [0.717, 1.165) is 50.0 Å². The van der Waals surface area contributed by atoms with Crippen molar-refractivity contribution in [2.75, 3.05) is 32.1 Å². The first-order valence-electron chi connectivity index (χ1n) is 7.47. The zero-order chi connectivity index (χ0) is 13.9. The van der Waals surface area contributed by atoms with E-state index in [1.807, 2.05) is 17.0 Å². The summed E-state index contributed by atoms with van der Waals surface area (Å²) in [5, 5.41) is 3.39. The predicted octanol–water partition coefficient (Wildman–Crippen LogP) is 2.72. The first-order chi connectivity index (χ1) is 9.79. The summed E-state index contributed by atoms with van der Waals surface area (Å²) in [4.78, 5) is 14.7. The second-order valence-electron chi connectivity index (χ2n) is 5.61. The van der Waals surface area contributed by atoms with Crippen LogP contribution in [0.3, 0.4) is 0 Å². The van der Waals surface area contributed by atoms with Crippen LogP contribution in [0.2, 0.25) is 0 Å². The van der Waals surface area contributed by atoms with Crippen LogP contribution in [0.5, 0.6) is 0 Å². The number of rotatable bonds is 2. The third kappa shape index (κ3) is 3.33. The number of amides is 1. The van der Waals surface area contributed by atoms with Crippen molar-refractivity contribution in [3.63, 3.8) is 0 Å². The Bertz CT molecular complexity index is 507. The number of nitrogens with zero attached hydrogens (tertiary/aromatic N) is 1. The lowest BCUT2D eigenvalue weighted by atomic mass is 9.96. The number of carbonyl (C=O) groups is 1. The SMILES string of the molecule is COC1CCCN(C(=O)c2cccc3c2CCCN3)C1.Cl. The molecule has 1 fully saturated rings. The van der Waals surface area contributed by atoms with E-state index in [-0.39, 0.29) is 24.4 Å². The van der Waals surface area contributed by atoms with E-state index in [1.165, 1.54) is 5.56 Å². The molecule has 2 aliphatic rings. The zero-order valence-corrected chi connectivity index (χ0v) is 13.2. The number of methoxy groups -OCH3 is 1. The Kier molecular flexibility index (Phi) is 5.48. The molecule has 0 aliphatic carbocycles. The average Bonchev–Trinajstić information content (AvgIpc) is 2.53. The van der Waals surface area contributed by atoms with Crippen molar-refractivity contribution in [2.24, 2.45) is 0 Å². The highest BCUT2D eigenvalue weighted by atomic mass is 35.5. The molecule has 1 N–H and O–H groups in total. The van der Waals surface area contributed by atoms with E-state index in [9.17, 15) is 4.79 Å². The zero-order valence-electron chi connectivity index (χ0n) is 12.4. The van der Waals surface area contributed by atoms with Crippen LogP contribution in [0.15, 0.2) is 18.2 Å². The number of ether oxygens (including phenoxy) is 1. The van der Waals surface area contributed by atoms with Crippen LogP contribution in [-0.2, 0) is 11.2 Å². The van der Waals surface area contributed by atoms with Crippen molar-refractivity contribution in [1.29, 1.82) is 0 Å². The summed E-state index contributed by atoms with van der Waals surface area (Å²) in [5.41, 5.74) is 3.18. The fourth-order valence-electron chi connectivity index (χ4n) is 3.20. The van der Waals surface area contributed by atoms with Crippen LogP contribution in [0.1, 0.15) is 35.2 Å². The predicted molar refractivity (Wildman–Crippen MR) is 86.4 cm³/mol. The minimum absolute atomic E-state index is 0. The normalized spacial score (nSPS) is 21.0. The minimum atomic E-state index is 0. The van der Waals surface area contributed by atoms with E-state index < -0.39 is 0 Å². The molecular weight excluding hydrogens is 288 g/mol. The molecule has 0 radical (unpaired) electrons. The molecule has 0 saturated carbocycles. The van der Waals surface area contributed by atoms with E-state index in [0.29, 0.717) is 6.54 Å². The van der Waals surface area contributed by atoms with Gasteiger partial charge in [0.2, 0.25) is 0 Å². The Hall–Kier alpha value is -1.26. The largest absolute Gasteiger partial charge is 0.385 e. The maximum absolute atomic E-state index is 12.8. The monoisotopic (exact) mass is 310 g/mol. The van der Waals surface area contributed by atoms with Gasteiger partial charge in [-0.2, -0.15) is 0 Å². The van der Waals surface area contributed by atoms with Crippen LogP contribution in [-0.4, -0.2) is 43.7 Å². The third-order valence-corrected chi connectivity index (χ3v) is 4.32.